The van der Waals surface area contributed by atoms with Crippen molar-refractivity contribution >= 4 is 5.91 Å². The van der Waals surface area contributed by atoms with Gasteiger partial charge in [0.15, 0.2) is 0 Å². The van der Waals surface area contributed by atoms with E-state index < -0.39 is 6.10 Å². The van der Waals surface area contributed by atoms with Gasteiger partial charge in [0, 0.05) is 20.0 Å². The summed E-state index contributed by atoms with van der Waals surface area (Å²) in [6.07, 6.45) is 0.629. The van der Waals surface area contributed by atoms with Crippen LogP contribution in [0.3, 0.4) is 0 Å². The third-order valence-corrected chi connectivity index (χ3v) is 2.79. The van der Waals surface area contributed by atoms with Crippen molar-refractivity contribution < 1.29 is 14.6 Å². The van der Waals surface area contributed by atoms with Gasteiger partial charge in [-0.15, -0.1) is 0 Å². The zero-order chi connectivity index (χ0) is 14.3. The van der Waals surface area contributed by atoms with E-state index in [0.717, 1.165) is 5.75 Å². The Morgan fingerprint density at radius 1 is 1.37 bits per heavy atom. The molecule has 106 valence electrons. The lowest BCUT2D eigenvalue weighted by molar-refractivity contribution is -0.131. The molecule has 0 bridgehead atoms. The molecule has 4 heteroatoms. The van der Waals surface area contributed by atoms with E-state index in [1.54, 1.807) is 18.9 Å². The van der Waals surface area contributed by atoms with Crippen LogP contribution in [0.15, 0.2) is 24.3 Å². The highest BCUT2D eigenvalue weighted by Gasteiger charge is 2.10. The third kappa shape index (κ3) is 6.25. The Morgan fingerprint density at radius 2 is 2.00 bits per heavy atom. The van der Waals surface area contributed by atoms with Crippen LogP contribution in [0.25, 0.3) is 0 Å². The second kappa shape index (κ2) is 7.79. The summed E-state index contributed by atoms with van der Waals surface area (Å²) in [5.41, 5.74) is 1.20. The van der Waals surface area contributed by atoms with E-state index in [0.29, 0.717) is 26.0 Å². The van der Waals surface area contributed by atoms with Crippen molar-refractivity contribution in [2.75, 3.05) is 20.2 Å². The quantitative estimate of drug-likeness (QED) is 0.767. The maximum atomic E-state index is 11.7. The van der Waals surface area contributed by atoms with Gasteiger partial charge in [0.05, 0.1) is 12.7 Å². The van der Waals surface area contributed by atoms with Crippen LogP contribution in [0, 0.1) is 6.92 Å². The number of nitrogens with zero attached hydrogens (tertiary/aromatic N) is 1. The minimum atomic E-state index is -0.488. The maximum Gasteiger partial charge on any atom is 0.222 e. The lowest BCUT2D eigenvalue weighted by atomic mass is 10.2. The first-order valence-corrected chi connectivity index (χ1v) is 6.60. The van der Waals surface area contributed by atoms with Gasteiger partial charge in [-0.2, -0.15) is 0 Å². The molecule has 0 aromatic heterocycles. The van der Waals surface area contributed by atoms with Gasteiger partial charge in [0.1, 0.15) is 5.75 Å². The summed E-state index contributed by atoms with van der Waals surface area (Å²) >= 11 is 0. The largest absolute Gasteiger partial charge is 0.494 e. The molecule has 0 aliphatic heterocycles. The van der Waals surface area contributed by atoms with Gasteiger partial charge >= 0.3 is 0 Å². The summed E-state index contributed by atoms with van der Waals surface area (Å²) < 4.78 is 5.55. The average molecular weight is 265 g/mol. The molecule has 0 aliphatic rings. The molecule has 4 nitrogen and oxygen atoms in total. The highest BCUT2D eigenvalue weighted by molar-refractivity contribution is 5.75. The number of hydrogen-bond donors (Lipinski definition) is 1. The van der Waals surface area contributed by atoms with E-state index in [4.69, 9.17) is 4.74 Å². The fraction of sp³-hybridized carbons (Fsp3) is 0.533. The van der Waals surface area contributed by atoms with Gasteiger partial charge in [-0.25, -0.2) is 0 Å². The number of aryl methyl sites for hydroxylation is 1. The summed E-state index contributed by atoms with van der Waals surface area (Å²) in [7, 11) is 1.70. The predicted molar refractivity (Wildman–Crippen MR) is 75.2 cm³/mol. The third-order valence-electron chi connectivity index (χ3n) is 2.79. The lowest BCUT2D eigenvalue weighted by Gasteiger charge is -2.18. The lowest BCUT2D eigenvalue weighted by Crippen LogP contribution is -2.33. The van der Waals surface area contributed by atoms with Gasteiger partial charge in [0.2, 0.25) is 5.91 Å². The van der Waals surface area contributed by atoms with Crippen LogP contribution in [0.1, 0.15) is 25.3 Å². The Labute approximate surface area is 115 Å². The molecule has 1 aromatic carbocycles. The smallest absolute Gasteiger partial charge is 0.222 e. The number of carbonyl (C=O) groups is 1. The molecule has 1 aromatic rings. The van der Waals surface area contributed by atoms with Crippen LogP contribution in [-0.2, 0) is 4.79 Å². The van der Waals surface area contributed by atoms with E-state index in [1.165, 1.54) is 5.56 Å². The van der Waals surface area contributed by atoms with Crippen molar-refractivity contribution in [3.8, 4) is 5.75 Å². The maximum absolute atomic E-state index is 11.7. The van der Waals surface area contributed by atoms with Crippen molar-refractivity contribution in [1.82, 2.24) is 4.90 Å². The van der Waals surface area contributed by atoms with Gasteiger partial charge in [0.25, 0.3) is 0 Å². The molecule has 0 fully saturated rings. The van der Waals surface area contributed by atoms with Crippen LogP contribution >= 0.6 is 0 Å². The first-order chi connectivity index (χ1) is 8.99. The van der Waals surface area contributed by atoms with E-state index in [9.17, 15) is 9.90 Å². The van der Waals surface area contributed by atoms with E-state index >= 15 is 0 Å². The molecule has 0 saturated heterocycles. The van der Waals surface area contributed by atoms with Crippen LogP contribution in [0.4, 0.5) is 0 Å². The molecule has 0 aliphatic carbocycles. The summed E-state index contributed by atoms with van der Waals surface area (Å²) in [5, 5.41) is 9.20. The molecule has 0 spiro atoms. The van der Waals surface area contributed by atoms with E-state index in [2.05, 4.69) is 0 Å². The number of benzene rings is 1. The monoisotopic (exact) mass is 265 g/mol. The Morgan fingerprint density at radius 3 is 2.58 bits per heavy atom. The van der Waals surface area contributed by atoms with Crippen LogP contribution in [0.2, 0.25) is 0 Å². The van der Waals surface area contributed by atoms with Crippen LogP contribution < -0.4 is 4.74 Å². The van der Waals surface area contributed by atoms with Crippen molar-refractivity contribution in [3.63, 3.8) is 0 Å². The molecule has 0 heterocycles. The number of aliphatic hydroxyl groups is 1. The molecule has 19 heavy (non-hydrogen) atoms. The van der Waals surface area contributed by atoms with Gasteiger partial charge in [-0.05, 0) is 32.4 Å². The standard InChI is InChI=1S/C15H23NO3/c1-12-6-8-14(9-7-12)19-10-4-5-15(18)16(3)11-13(2)17/h6-9,13,17H,4-5,10-11H2,1-3H3. The fourth-order valence-electron chi connectivity index (χ4n) is 1.74. The number of hydrogen-bond acceptors (Lipinski definition) is 3. The highest BCUT2D eigenvalue weighted by Crippen LogP contribution is 2.11. The fourth-order valence-corrected chi connectivity index (χ4v) is 1.74. The average Bonchev–Trinajstić information content (AvgIpc) is 2.35. The summed E-state index contributed by atoms with van der Waals surface area (Å²) in [6, 6.07) is 7.85. The Bertz CT molecular complexity index is 387. The highest BCUT2D eigenvalue weighted by atomic mass is 16.5. The molecule has 1 rings (SSSR count). The summed E-state index contributed by atoms with van der Waals surface area (Å²) in [4.78, 5) is 13.2. The first-order valence-electron chi connectivity index (χ1n) is 6.60. The number of ether oxygens (including phenoxy) is 1. The van der Waals surface area contributed by atoms with Crippen molar-refractivity contribution in [3.05, 3.63) is 29.8 Å². The second-order valence-corrected chi connectivity index (χ2v) is 4.89. The van der Waals surface area contributed by atoms with Crippen molar-refractivity contribution in [2.24, 2.45) is 0 Å². The minimum Gasteiger partial charge on any atom is -0.494 e. The minimum absolute atomic E-state index is 0.0356. The summed E-state index contributed by atoms with van der Waals surface area (Å²) in [5.74, 6) is 0.865. The molecule has 1 atom stereocenters. The van der Waals surface area contributed by atoms with Gasteiger partial charge in [-0.1, -0.05) is 17.7 Å². The SMILES string of the molecule is Cc1ccc(OCCCC(=O)N(C)CC(C)O)cc1. The van der Waals surface area contributed by atoms with Crippen molar-refractivity contribution in [1.29, 1.82) is 0 Å². The predicted octanol–water partition coefficient (Wildman–Crippen LogP) is 1.99. The van der Waals surface area contributed by atoms with Gasteiger partial charge < -0.3 is 14.7 Å². The molecule has 1 amide bonds. The number of carbonyl (C=O) groups excluding carboxylic acids is 1. The second-order valence-electron chi connectivity index (χ2n) is 4.89. The molecular formula is C15H23NO3. The topological polar surface area (TPSA) is 49.8 Å². The van der Waals surface area contributed by atoms with Crippen LogP contribution in [-0.4, -0.2) is 42.2 Å². The number of amides is 1. The Balaban J connectivity index is 2.20. The number of rotatable bonds is 7. The number of aliphatic hydroxyl groups excluding tert-OH is 1. The molecule has 1 unspecified atom stereocenters. The van der Waals surface area contributed by atoms with Gasteiger partial charge in [-0.3, -0.25) is 4.79 Å². The normalized spacial score (nSPS) is 12.0. The van der Waals surface area contributed by atoms with E-state index in [1.807, 2.05) is 31.2 Å². The first kappa shape index (κ1) is 15.5. The zero-order valence-electron chi connectivity index (χ0n) is 11.9. The molecule has 0 saturated carbocycles. The summed E-state index contributed by atoms with van der Waals surface area (Å²) in [6.45, 7) is 4.60. The molecular weight excluding hydrogens is 242 g/mol. The molecule has 1 N–H and O–H groups in total. The zero-order valence-corrected chi connectivity index (χ0v) is 11.9. The molecule has 0 radical (unpaired) electrons. The van der Waals surface area contributed by atoms with E-state index in [-0.39, 0.29) is 5.91 Å². The Kier molecular flexibility index (Phi) is 6.36. The Hall–Kier alpha value is -1.55. The number of likely N-dealkylation sites (N-methyl/N-ethyl adjacent to an activating group) is 1. The van der Waals surface area contributed by atoms with Crippen molar-refractivity contribution in [2.45, 2.75) is 32.8 Å². The van der Waals surface area contributed by atoms with Crippen LogP contribution in [0.5, 0.6) is 5.75 Å².